The molecule has 0 aliphatic heterocycles. The second kappa shape index (κ2) is 8.82. The summed E-state index contributed by atoms with van der Waals surface area (Å²) in [5.74, 6) is -0.297. The Bertz CT molecular complexity index is 973. The maximum atomic E-state index is 12.8. The molecule has 2 aromatic rings. The van der Waals surface area contributed by atoms with E-state index >= 15 is 0 Å². The van der Waals surface area contributed by atoms with Crippen molar-refractivity contribution < 1.29 is 13.2 Å². The first-order valence-electron chi connectivity index (χ1n) is 9.08. The Balaban J connectivity index is 1.76. The number of hydrogen-bond donors (Lipinski definition) is 1. The summed E-state index contributed by atoms with van der Waals surface area (Å²) in [6, 6.07) is 11.3. The van der Waals surface area contributed by atoms with Crippen molar-refractivity contribution in [3.63, 3.8) is 0 Å². The van der Waals surface area contributed by atoms with Crippen molar-refractivity contribution >= 4 is 39.1 Å². The molecule has 1 aliphatic carbocycles. The Morgan fingerprint density at radius 2 is 1.82 bits per heavy atom. The number of carbonyl (C=O) groups is 1. The number of benzene rings is 2. The maximum absolute atomic E-state index is 12.8. The second-order valence-electron chi connectivity index (χ2n) is 7.00. The van der Waals surface area contributed by atoms with E-state index in [9.17, 15) is 13.2 Å². The Morgan fingerprint density at radius 1 is 1.14 bits per heavy atom. The first kappa shape index (κ1) is 21.1. The fourth-order valence-electron chi connectivity index (χ4n) is 3.35. The average molecular weight is 441 g/mol. The third-order valence-electron chi connectivity index (χ3n) is 4.85. The lowest BCUT2D eigenvalue weighted by atomic mass is 10.1. The highest BCUT2D eigenvalue weighted by Crippen LogP contribution is 2.27. The summed E-state index contributed by atoms with van der Waals surface area (Å²) in [6.45, 7) is 0.259. The van der Waals surface area contributed by atoms with Gasteiger partial charge in [-0.25, -0.2) is 13.1 Å². The van der Waals surface area contributed by atoms with E-state index in [-0.39, 0.29) is 23.4 Å². The molecule has 1 N–H and O–H groups in total. The third-order valence-corrected chi connectivity index (χ3v) is 7.23. The van der Waals surface area contributed by atoms with Gasteiger partial charge in [0, 0.05) is 25.2 Å². The third kappa shape index (κ3) is 4.87. The smallest absolute Gasteiger partial charge is 0.253 e. The minimum atomic E-state index is -3.66. The van der Waals surface area contributed by atoms with Crippen LogP contribution >= 0.6 is 23.2 Å². The number of halogens is 2. The minimum absolute atomic E-state index is 0.0306. The van der Waals surface area contributed by atoms with Crippen LogP contribution in [0.5, 0.6) is 0 Å². The zero-order valence-corrected chi connectivity index (χ0v) is 17.8. The fraction of sp³-hybridized carbons (Fsp3) is 0.350. The Morgan fingerprint density at radius 3 is 2.54 bits per heavy atom. The van der Waals surface area contributed by atoms with E-state index in [1.807, 2.05) is 0 Å². The summed E-state index contributed by atoms with van der Waals surface area (Å²) in [6.07, 6.45) is 3.76. The maximum Gasteiger partial charge on any atom is 0.253 e. The van der Waals surface area contributed by atoms with Crippen LogP contribution in [-0.2, 0) is 16.6 Å². The van der Waals surface area contributed by atoms with Gasteiger partial charge >= 0.3 is 0 Å². The largest absolute Gasteiger partial charge is 0.337 e. The molecule has 1 fully saturated rings. The van der Waals surface area contributed by atoms with Crippen LogP contribution in [0, 0.1) is 0 Å². The van der Waals surface area contributed by atoms with E-state index in [0.717, 1.165) is 31.2 Å². The lowest BCUT2D eigenvalue weighted by molar-refractivity contribution is 0.0785. The average Bonchev–Trinajstić information content (AvgIpc) is 3.17. The van der Waals surface area contributed by atoms with Gasteiger partial charge in [-0.3, -0.25) is 4.79 Å². The zero-order valence-electron chi connectivity index (χ0n) is 15.5. The number of rotatable bonds is 6. The molecule has 8 heteroatoms. The summed E-state index contributed by atoms with van der Waals surface area (Å²) >= 11 is 12.2. The van der Waals surface area contributed by atoms with Crippen LogP contribution in [0.4, 0.5) is 0 Å². The number of sulfonamides is 1. The van der Waals surface area contributed by atoms with Crippen LogP contribution in [-0.4, -0.2) is 32.3 Å². The highest BCUT2D eigenvalue weighted by Gasteiger charge is 2.24. The molecular weight excluding hydrogens is 419 g/mol. The van der Waals surface area contributed by atoms with Crippen molar-refractivity contribution in [2.45, 2.75) is 43.2 Å². The summed E-state index contributed by atoms with van der Waals surface area (Å²) in [7, 11) is -2.02. The monoisotopic (exact) mass is 440 g/mol. The van der Waals surface area contributed by atoms with Gasteiger partial charge in [-0.1, -0.05) is 54.2 Å². The molecule has 3 rings (SSSR count). The van der Waals surface area contributed by atoms with Crippen LogP contribution in [0.2, 0.25) is 10.0 Å². The molecule has 0 atom stereocenters. The molecule has 150 valence electrons. The minimum Gasteiger partial charge on any atom is -0.337 e. The SMILES string of the molecule is CN(Cc1cccc(Cl)c1Cl)C(=O)c1cccc(S(=O)(=O)NC2CCCC2)c1. The number of hydrogen-bond acceptors (Lipinski definition) is 3. The molecular formula is C20H22Cl2N2O3S. The predicted molar refractivity (Wildman–Crippen MR) is 111 cm³/mol. The van der Waals surface area contributed by atoms with Gasteiger partial charge < -0.3 is 4.90 Å². The summed E-state index contributed by atoms with van der Waals surface area (Å²) < 4.78 is 28.0. The van der Waals surface area contributed by atoms with Gasteiger partial charge in [0.2, 0.25) is 10.0 Å². The summed E-state index contributed by atoms with van der Waals surface area (Å²) in [4.78, 5) is 14.4. The van der Waals surface area contributed by atoms with Gasteiger partial charge in [0.25, 0.3) is 5.91 Å². The summed E-state index contributed by atoms with van der Waals surface area (Å²) in [5, 5.41) is 0.826. The van der Waals surface area contributed by atoms with E-state index in [1.54, 1.807) is 37.4 Å². The summed E-state index contributed by atoms with van der Waals surface area (Å²) in [5.41, 5.74) is 1.02. The molecule has 0 spiro atoms. The molecule has 0 bridgehead atoms. The van der Waals surface area contributed by atoms with Crippen molar-refractivity contribution in [2.75, 3.05) is 7.05 Å². The Hall–Kier alpha value is -1.60. The molecule has 5 nitrogen and oxygen atoms in total. The molecule has 0 radical (unpaired) electrons. The molecule has 0 heterocycles. The zero-order chi connectivity index (χ0) is 20.3. The normalized spacial score (nSPS) is 15.0. The van der Waals surface area contributed by atoms with Crippen molar-refractivity contribution in [3.8, 4) is 0 Å². The lowest BCUT2D eigenvalue weighted by Gasteiger charge is -2.19. The Kier molecular flexibility index (Phi) is 6.65. The van der Waals surface area contributed by atoms with E-state index in [1.165, 1.54) is 17.0 Å². The van der Waals surface area contributed by atoms with Gasteiger partial charge in [-0.05, 0) is 42.7 Å². The van der Waals surface area contributed by atoms with Gasteiger partial charge in [0.15, 0.2) is 0 Å². The van der Waals surface area contributed by atoms with E-state index in [0.29, 0.717) is 15.6 Å². The highest BCUT2D eigenvalue weighted by molar-refractivity contribution is 7.89. The quantitative estimate of drug-likeness (QED) is 0.719. The van der Waals surface area contributed by atoms with Gasteiger partial charge in [-0.15, -0.1) is 0 Å². The number of amides is 1. The first-order valence-corrected chi connectivity index (χ1v) is 11.3. The molecule has 1 saturated carbocycles. The van der Waals surface area contributed by atoms with Crippen LogP contribution in [0.15, 0.2) is 47.4 Å². The van der Waals surface area contributed by atoms with Crippen molar-refractivity contribution in [3.05, 3.63) is 63.6 Å². The number of nitrogens with zero attached hydrogens (tertiary/aromatic N) is 1. The topological polar surface area (TPSA) is 66.5 Å². The van der Waals surface area contributed by atoms with Gasteiger partial charge in [0.1, 0.15) is 0 Å². The van der Waals surface area contributed by atoms with E-state index in [2.05, 4.69) is 4.72 Å². The van der Waals surface area contributed by atoms with Crippen LogP contribution in [0.25, 0.3) is 0 Å². The van der Waals surface area contributed by atoms with Crippen LogP contribution in [0.1, 0.15) is 41.6 Å². The second-order valence-corrected chi connectivity index (χ2v) is 9.50. The van der Waals surface area contributed by atoms with Crippen molar-refractivity contribution in [1.82, 2.24) is 9.62 Å². The number of nitrogens with one attached hydrogen (secondary N) is 1. The van der Waals surface area contributed by atoms with Gasteiger partial charge in [-0.2, -0.15) is 0 Å². The molecule has 1 aliphatic rings. The van der Waals surface area contributed by atoms with Crippen molar-refractivity contribution in [2.24, 2.45) is 0 Å². The first-order chi connectivity index (χ1) is 13.3. The van der Waals surface area contributed by atoms with Crippen molar-refractivity contribution in [1.29, 1.82) is 0 Å². The lowest BCUT2D eigenvalue weighted by Crippen LogP contribution is -2.33. The molecule has 1 amide bonds. The van der Waals surface area contributed by atoms with Gasteiger partial charge in [0.05, 0.1) is 14.9 Å². The van der Waals surface area contributed by atoms with Crippen LogP contribution in [0.3, 0.4) is 0 Å². The highest BCUT2D eigenvalue weighted by atomic mass is 35.5. The van der Waals surface area contributed by atoms with E-state index < -0.39 is 10.0 Å². The standard InChI is InChI=1S/C20H22Cl2N2O3S/c1-24(13-15-7-5-11-18(21)19(15)22)20(25)14-6-4-10-17(12-14)28(26,27)23-16-8-2-3-9-16/h4-7,10-12,16,23H,2-3,8-9,13H2,1H3. The fourth-order valence-corrected chi connectivity index (χ4v) is 5.08. The number of carbonyl (C=O) groups excluding carboxylic acids is 1. The van der Waals surface area contributed by atoms with E-state index in [4.69, 9.17) is 23.2 Å². The molecule has 28 heavy (non-hydrogen) atoms. The molecule has 0 aromatic heterocycles. The Labute approximate surface area is 175 Å². The predicted octanol–water partition coefficient (Wildman–Crippen LogP) is 4.49. The molecule has 0 saturated heterocycles. The molecule has 0 unspecified atom stereocenters. The molecule has 2 aromatic carbocycles. The van der Waals surface area contributed by atoms with Crippen LogP contribution < -0.4 is 4.72 Å².